The maximum Gasteiger partial charge on any atom is 0.276 e. The van der Waals surface area contributed by atoms with Gasteiger partial charge in [0, 0.05) is 18.0 Å². The monoisotopic (exact) mass is 419 g/mol. The SMILES string of the molecule is COc1ccc([C@H](O)Cn2ccn3nc(-c4cc(C)ccc4C)cc3c2=O)cc1OC. The Morgan fingerprint density at radius 3 is 2.52 bits per heavy atom. The van der Waals surface area contributed by atoms with Gasteiger partial charge in [0.05, 0.1) is 32.6 Å². The van der Waals surface area contributed by atoms with Gasteiger partial charge in [-0.3, -0.25) is 4.79 Å². The van der Waals surface area contributed by atoms with Gasteiger partial charge in [-0.2, -0.15) is 5.10 Å². The molecule has 0 unspecified atom stereocenters. The quantitative estimate of drug-likeness (QED) is 0.517. The zero-order valence-corrected chi connectivity index (χ0v) is 18.0. The van der Waals surface area contributed by atoms with Crippen LogP contribution in [0.1, 0.15) is 22.8 Å². The van der Waals surface area contributed by atoms with Crippen LogP contribution in [-0.4, -0.2) is 33.5 Å². The average molecular weight is 419 g/mol. The third-order valence-electron chi connectivity index (χ3n) is 5.43. The van der Waals surface area contributed by atoms with E-state index >= 15 is 0 Å². The third kappa shape index (κ3) is 3.92. The highest BCUT2D eigenvalue weighted by atomic mass is 16.5. The molecule has 7 nitrogen and oxygen atoms in total. The molecule has 4 aromatic rings. The van der Waals surface area contributed by atoms with Crippen LogP contribution in [0.5, 0.6) is 11.5 Å². The summed E-state index contributed by atoms with van der Waals surface area (Å²) in [4.78, 5) is 13.1. The Kier molecular flexibility index (Phi) is 5.52. The van der Waals surface area contributed by atoms with Crippen LogP contribution in [0.25, 0.3) is 16.8 Å². The second kappa shape index (κ2) is 8.28. The molecular formula is C24H25N3O4. The van der Waals surface area contributed by atoms with Crippen molar-refractivity contribution in [2.24, 2.45) is 0 Å². The maximum atomic E-state index is 13.1. The summed E-state index contributed by atoms with van der Waals surface area (Å²) in [5, 5.41) is 15.3. The van der Waals surface area contributed by atoms with Gasteiger partial charge in [0.15, 0.2) is 11.5 Å². The van der Waals surface area contributed by atoms with E-state index in [-0.39, 0.29) is 12.1 Å². The van der Waals surface area contributed by atoms with Crippen molar-refractivity contribution in [1.82, 2.24) is 14.2 Å². The Morgan fingerprint density at radius 2 is 1.77 bits per heavy atom. The molecule has 0 aliphatic heterocycles. The van der Waals surface area contributed by atoms with Crippen molar-refractivity contribution >= 4 is 5.52 Å². The molecule has 0 saturated carbocycles. The van der Waals surface area contributed by atoms with Crippen molar-refractivity contribution in [1.29, 1.82) is 0 Å². The minimum Gasteiger partial charge on any atom is -0.493 e. The summed E-state index contributed by atoms with van der Waals surface area (Å²) in [6.07, 6.45) is 2.48. The molecule has 4 rings (SSSR count). The van der Waals surface area contributed by atoms with Crippen molar-refractivity contribution in [3.8, 4) is 22.8 Å². The number of ether oxygens (including phenoxy) is 2. The Bertz CT molecular complexity index is 1310. The summed E-state index contributed by atoms with van der Waals surface area (Å²) in [6.45, 7) is 4.16. The molecule has 2 heterocycles. The summed E-state index contributed by atoms with van der Waals surface area (Å²) < 4.78 is 13.6. The van der Waals surface area contributed by atoms with Gasteiger partial charge >= 0.3 is 0 Å². The van der Waals surface area contributed by atoms with E-state index in [1.165, 1.54) is 4.57 Å². The van der Waals surface area contributed by atoms with Crippen molar-refractivity contribution in [2.75, 3.05) is 14.2 Å². The standard InChI is InChI=1S/C24H25N3O4/c1-15-5-6-16(2)18(11-15)19-13-20-24(29)26(9-10-27(20)25-19)14-21(28)17-7-8-22(30-3)23(12-17)31-4/h5-13,21,28H,14H2,1-4H3/t21-/m1/s1. The number of benzene rings is 2. The molecule has 0 aliphatic carbocycles. The van der Waals surface area contributed by atoms with Crippen LogP contribution in [0.15, 0.2) is 59.7 Å². The van der Waals surface area contributed by atoms with Gasteiger partial charge in [0.2, 0.25) is 0 Å². The number of aryl methyl sites for hydroxylation is 2. The van der Waals surface area contributed by atoms with Crippen LogP contribution in [0.2, 0.25) is 0 Å². The molecule has 2 aromatic heterocycles. The first-order chi connectivity index (χ1) is 14.9. The van der Waals surface area contributed by atoms with E-state index in [9.17, 15) is 9.90 Å². The number of aliphatic hydroxyl groups excluding tert-OH is 1. The molecule has 7 heteroatoms. The molecule has 0 saturated heterocycles. The molecule has 0 amide bonds. The van der Waals surface area contributed by atoms with E-state index in [2.05, 4.69) is 17.2 Å². The predicted octanol–water partition coefficient (Wildman–Crippen LogP) is 3.53. The first kappa shape index (κ1) is 20.7. The zero-order valence-electron chi connectivity index (χ0n) is 18.0. The molecule has 0 aliphatic rings. The molecule has 0 spiro atoms. The van der Waals surface area contributed by atoms with E-state index in [0.29, 0.717) is 22.6 Å². The fraction of sp³-hybridized carbons (Fsp3) is 0.250. The van der Waals surface area contributed by atoms with Crippen LogP contribution < -0.4 is 15.0 Å². The first-order valence-electron chi connectivity index (χ1n) is 9.97. The smallest absolute Gasteiger partial charge is 0.276 e. The number of hydrogen-bond donors (Lipinski definition) is 1. The Labute approximate surface area is 180 Å². The van der Waals surface area contributed by atoms with Gasteiger partial charge in [-0.05, 0) is 49.2 Å². The summed E-state index contributed by atoms with van der Waals surface area (Å²) in [5.41, 5.74) is 4.85. The molecule has 0 fully saturated rings. The Hall–Kier alpha value is -3.58. The normalized spacial score (nSPS) is 12.2. The predicted molar refractivity (Wildman–Crippen MR) is 119 cm³/mol. The van der Waals surface area contributed by atoms with Gasteiger partial charge in [-0.1, -0.05) is 23.8 Å². The number of rotatable bonds is 6. The lowest BCUT2D eigenvalue weighted by Gasteiger charge is -2.15. The average Bonchev–Trinajstić information content (AvgIpc) is 3.21. The highest BCUT2D eigenvalue weighted by molar-refractivity contribution is 5.69. The Balaban J connectivity index is 1.67. The molecule has 160 valence electrons. The molecule has 31 heavy (non-hydrogen) atoms. The number of nitrogens with zero attached hydrogens (tertiary/aromatic N) is 3. The lowest BCUT2D eigenvalue weighted by molar-refractivity contribution is 0.154. The minimum absolute atomic E-state index is 0.106. The van der Waals surface area contributed by atoms with Crippen molar-refractivity contribution in [3.05, 3.63) is 81.9 Å². The molecule has 0 radical (unpaired) electrons. The van der Waals surface area contributed by atoms with Gasteiger partial charge in [-0.25, -0.2) is 4.52 Å². The number of fused-ring (bicyclic) bond motifs is 1. The van der Waals surface area contributed by atoms with Gasteiger partial charge in [0.25, 0.3) is 5.56 Å². The summed E-state index contributed by atoms with van der Waals surface area (Å²) in [6, 6.07) is 13.2. The zero-order chi connectivity index (χ0) is 22.1. The number of hydrogen-bond acceptors (Lipinski definition) is 5. The third-order valence-corrected chi connectivity index (χ3v) is 5.43. The largest absolute Gasteiger partial charge is 0.493 e. The molecule has 1 N–H and O–H groups in total. The van der Waals surface area contributed by atoms with E-state index in [0.717, 1.165) is 22.4 Å². The van der Waals surface area contributed by atoms with Crippen molar-refractivity contribution in [2.45, 2.75) is 26.5 Å². The molecular weight excluding hydrogens is 394 g/mol. The van der Waals surface area contributed by atoms with E-state index in [1.54, 1.807) is 55.4 Å². The number of aliphatic hydroxyl groups is 1. The van der Waals surface area contributed by atoms with Crippen LogP contribution in [-0.2, 0) is 6.54 Å². The number of methoxy groups -OCH3 is 2. The highest BCUT2D eigenvalue weighted by Gasteiger charge is 2.16. The fourth-order valence-corrected chi connectivity index (χ4v) is 3.67. The van der Waals surface area contributed by atoms with Gasteiger partial charge in [0.1, 0.15) is 5.52 Å². The van der Waals surface area contributed by atoms with Gasteiger partial charge < -0.3 is 19.1 Å². The highest BCUT2D eigenvalue weighted by Crippen LogP contribution is 2.30. The topological polar surface area (TPSA) is 78.0 Å². The molecule has 0 bridgehead atoms. The Morgan fingerprint density at radius 1 is 1.00 bits per heavy atom. The van der Waals surface area contributed by atoms with Crippen molar-refractivity contribution < 1.29 is 14.6 Å². The van der Waals surface area contributed by atoms with E-state index in [1.807, 2.05) is 19.9 Å². The van der Waals surface area contributed by atoms with E-state index < -0.39 is 6.10 Å². The summed E-state index contributed by atoms with van der Waals surface area (Å²) >= 11 is 0. The van der Waals surface area contributed by atoms with Crippen LogP contribution in [0, 0.1) is 13.8 Å². The lowest BCUT2D eigenvalue weighted by atomic mass is 10.0. The van der Waals surface area contributed by atoms with Crippen LogP contribution in [0.3, 0.4) is 0 Å². The second-order valence-electron chi connectivity index (χ2n) is 7.56. The second-order valence-corrected chi connectivity index (χ2v) is 7.56. The maximum absolute atomic E-state index is 13.1. The number of aromatic nitrogens is 3. The molecule has 2 aromatic carbocycles. The van der Waals surface area contributed by atoms with Crippen molar-refractivity contribution in [3.63, 3.8) is 0 Å². The summed E-state index contributed by atoms with van der Waals surface area (Å²) in [5.74, 6) is 1.10. The molecule has 1 atom stereocenters. The van der Waals surface area contributed by atoms with Crippen LogP contribution >= 0.6 is 0 Å². The minimum atomic E-state index is -0.888. The first-order valence-corrected chi connectivity index (χ1v) is 9.97. The van der Waals surface area contributed by atoms with E-state index in [4.69, 9.17) is 9.47 Å². The summed E-state index contributed by atoms with van der Waals surface area (Å²) in [7, 11) is 3.10. The lowest BCUT2D eigenvalue weighted by Crippen LogP contribution is -2.24. The van der Waals surface area contributed by atoms with Crippen LogP contribution in [0.4, 0.5) is 0 Å². The van der Waals surface area contributed by atoms with Gasteiger partial charge in [-0.15, -0.1) is 0 Å². The fourth-order valence-electron chi connectivity index (χ4n) is 3.67.